The number of carbonyl (C=O) groups is 1. The Morgan fingerprint density at radius 1 is 1.00 bits per heavy atom. The first-order valence-corrected chi connectivity index (χ1v) is 7.63. The van der Waals surface area contributed by atoms with Crippen LogP contribution >= 0.6 is 0 Å². The summed E-state index contributed by atoms with van der Waals surface area (Å²) >= 11 is 0. The van der Waals surface area contributed by atoms with Crippen LogP contribution in [0.5, 0.6) is 0 Å². The minimum absolute atomic E-state index is 0.153. The molecule has 2 aromatic carbocycles. The smallest absolute Gasteiger partial charge is 0.257 e. The molecule has 5 heteroatoms. The van der Waals surface area contributed by atoms with Gasteiger partial charge in [-0.1, -0.05) is 24.3 Å². The van der Waals surface area contributed by atoms with Crippen molar-refractivity contribution < 1.29 is 4.79 Å². The predicted octanol–water partition coefficient (Wildman–Crippen LogP) is 3.57. The van der Waals surface area contributed by atoms with E-state index in [1.165, 1.54) is 0 Å². The van der Waals surface area contributed by atoms with E-state index in [4.69, 9.17) is 0 Å². The quantitative estimate of drug-likeness (QED) is 0.528. The second-order valence-corrected chi connectivity index (χ2v) is 5.78. The molecule has 3 N–H and O–H groups in total. The molecule has 118 valence electrons. The van der Waals surface area contributed by atoms with Gasteiger partial charge in [-0.05, 0) is 30.7 Å². The highest BCUT2D eigenvalue weighted by molar-refractivity contribution is 6.13. The van der Waals surface area contributed by atoms with E-state index in [1.807, 2.05) is 43.3 Å². The minimum atomic E-state index is -0.193. The summed E-state index contributed by atoms with van der Waals surface area (Å²) < 4.78 is 0. The van der Waals surface area contributed by atoms with Crippen LogP contribution in [0.3, 0.4) is 0 Å². The van der Waals surface area contributed by atoms with Gasteiger partial charge < -0.3 is 15.3 Å². The molecule has 0 saturated carbocycles. The monoisotopic (exact) mass is 317 g/mol. The van der Waals surface area contributed by atoms with Gasteiger partial charge in [-0.15, -0.1) is 0 Å². The first-order chi connectivity index (χ1) is 11.6. The molecule has 0 atom stereocenters. The van der Waals surface area contributed by atoms with Gasteiger partial charge in [0.05, 0.1) is 11.1 Å². The van der Waals surface area contributed by atoms with Gasteiger partial charge in [0.15, 0.2) is 0 Å². The average Bonchev–Trinajstić information content (AvgIpc) is 2.98. The summed E-state index contributed by atoms with van der Waals surface area (Å²) in [5.41, 5.74) is 3.60. The van der Waals surface area contributed by atoms with Crippen LogP contribution in [0.2, 0.25) is 0 Å². The summed E-state index contributed by atoms with van der Waals surface area (Å²) in [6, 6.07) is 14.7. The first kappa shape index (κ1) is 14.3. The molecule has 0 aliphatic carbocycles. The van der Waals surface area contributed by atoms with Crippen LogP contribution < -0.4 is 10.9 Å². The number of rotatable bonds is 2. The molecule has 1 amide bonds. The fraction of sp³-hybridized carbons (Fsp3) is 0.0526. The maximum absolute atomic E-state index is 12.6. The lowest BCUT2D eigenvalue weighted by Crippen LogP contribution is -2.12. The molecule has 4 rings (SSSR count). The average molecular weight is 317 g/mol. The van der Waals surface area contributed by atoms with Crippen molar-refractivity contribution in [2.45, 2.75) is 6.92 Å². The molecule has 2 heterocycles. The van der Waals surface area contributed by atoms with E-state index in [0.717, 1.165) is 21.9 Å². The van der Waals surface area contributed by atoms with Gasteiger partial charge in [0, 0.05) is 34.2 Å². The second-order valence-electron chi connectivity index (χ2n) is 5.78. The normalized spacial score (nSPS) is 11.0. The molecular weight excluding hydrogens is 302 g/mol. The number of aryl methyl sites for hydroxylation is 1. The zero-order valence-corrected chi connectivity index (χ0v) is 13.0. The Bertz CT molecular complexity index is 1140. The first-order valence-electron chi connectivity index (χ1n) is 7.63. The Morgan fingerprint density at radius 2 is 1.83 bits per heavy atom. The predicted molar refractivity (Wildman–Crippen MR) is 95.6 cm³/mol. The number of H-pyrrole nitrogens is 2. The largest absolute Gasteiger partial charge is 0.360 e. The Labute approximate surface area is 137 Å². The maximum Gasteiger partial charge on any atom is 0.257 e. The summed E-state index contributed by atoms with van der Waals surface area (Å²) in [7, 11) is 0. The number of aromatic amines is 2. The van der Waals surface area contributed by atoms with Gasteiger partial charge in [0.2, 0.25) is 5.56 Å². The number of benzene rings is 2. The number of amides is 1. The fourth-order valence-electron chi connectivity index (χ4n) is 2.97. The van der Waals surface area contributed by atoms with E-state index in [-0.39, 0.29) is 11.5 Å². The third-order valence-corrected chi connectivity index (χ3v) is 4.14. The molecule has 0 aliphatic heterocycles. The van der Waals surface area contributed by atoms with Crippen LogP contribution in [-0.4, -0.2) is 15.9 Å². The van der Waals surface area contributed by atoms with Crippen LogP contribution in [0.1, 0.15) is 15.9 Å². The SMILES string of the molecule is Cc1cc(=O)[nH]c2cc(NC(=O)c3c[nH]c4ccccc34)ccc12. The molecular formula is C19H15N3O2. The number of anilines is 1. The Morgan fingerprint density at radius 3 is 2.71 bits per heavy atom. The topological polar surface area (TPSA) is 77.8 Å². The van der Waals surface area contributed by atoms with Crippen molar-refractivity contribution in [2.24, 2.45) is 0 Å². The van der Waals surface area contributed by atoms with Crippen LogP contribution in [0, 0.1) is 6.92 Å². The molecule has 0 bridgehead atoms. The third kappa shape index (κ3) is 2.36. The number of fused-ring (bicyclic) bond motifs is 2. The Balaban J connectivity index is 1.71. The molecule has 0 spiro atoms. The molecule has 24 heavy (non-hydrogen) atoms. The highest BCUT2D eigenvalue weighted by Crippen LogP contribution is 2.22. The number of pyridine rings is 1. The van der Waals surface area contributed by atoms with E-state index in [0.29, 0.717) is 16.8 Å². The zero-order valence-electron chi connectivity index (χ0n) is 13.0. The standard InChI is InChI=1S/C19H15N3O2/c1-11-8-18(23)22-17-9-12(6-7-13(11)17)21-19(24)15-10-20-16-5-3-2-4-14(15)16/h2-10,20H,1H3,(H,21,24)(H,22,23). The Kier molecular flexibility index (Phi) is 3.20. The second kappa shape index (κ2) is 5.38. The summed E-state index contributed by atoms with van der Waals surface area (Å²) in [4.78, 5) is 30.1. The van der Waals surface area contributed by atoms with Gasteiger partial charge in [-0.3, -0.25) is 9.59 Å². The fourth-order valence-corrected chi connectivity index (χ4v) is 2.97. The highest BCUT2D eigenvalue weighted by Gasteiger charge is 2.12. The summed E-state index contributed by atoms with van der Waals surface area (Å²) in [5, 5.41) is 4.72. The number of nitrogens with one attached hydrogen (secondary N) is 3. The van der Waals surface area contributed by atoms with Gasteiger partial charge in [0.25, 0.3) is 5.91 Å². The van der Waals surface area contributed by atoms with Crippen molar-refractivity contribution in [1.29, 1.82) is 0 Å². The van der Waals surface area contributed by atoms with E-state index < -0.39 is 0 Å². The van der Waals surface area contributed by atoms with Crippen molar-refractivity contribution in [3.63, 3.8) is 0 Å². The lowest BCUT2D eigenvalue weighted by Gasteiger charge is -2.07. The van der Waals surface area contributed by atoms with Gasteiger partial charge >= 0.3 is 0 Å². The van der Waals surface area contributed by atoms with E-state index in [2.05, 4.69) is 15.3 Å². The van der Waals surface area contributed by atoms with Crippen molar-refractivity contribution in [2.75, 3.05) is 5.32 Å². The van der Waals surface area contributed by atoms with Crippen LogP contribution in [0.4, 0.5) is 5.69 Å². The number of para-hydroxylation sites is 1. The molecule has 0 saturated heterocycles. The van der Waals surface area contributed by atoms with Crippen LogP contribution in [0.25, 0.3) is 21.8 Å². The minimum Gasteiger partial charge on any atom is -0.360 e. The Hall–Kier alpha value is -3.34. The number of hydrogen-bond acceptors (Lipinski definition) is 2. The summed E-state index contributed by atoms with van der Waals surface area (Å²) in [6.45, 7) is 1.89. The molecule has 0 fully saturated rings. The summed E-state index contributed by atoms with van der Waals surface area (Å²) in [6.07, 6.45) is 1.70. The van der Waals surface area contributed by atoms with Gasteiger partial charge in [-0.25, -0.2) is 0 Å². The van der Waals surface area contributed by atoms with E-state index >= 15 is 0 Å². The number of carbonyl (C=O) groups excluding carboxylic acids is 1. The van der Waals surface area contributed by atoms with E-state index in [1.54, 1.807) is 18.3 Å². The lowest BCUT2D eigenvalue weighted by molar-refractivity contribution is 0.102. The van der Waals surface area contributed by atoms with Crippen molar-refractivity contribution in [3.8, 4) is 0 Å². The highest BCUT2D eigenvalue weighted by atomic mass is 16.1. The summed E-state index contributed by atoms with van der Waals surface area (Å²) in [5.74, 6) is -0.193. The van der Waals surface area contributed by atoms with Crippen molar-refractivity contribution in [1.82, 2.24) is 9.97 Å². The van der Waals surface area contributed by atoms with Crippen LogP contribution in [0.15, 0.2) is 59.5 Å². The van der Waals surface area contributed by atoms with Crippen LogP contribution in [-0.2, 0) is 0 Å². The van der Waals surface area contributed by atoms with E-state index in [9.17, 15) is 9.59 Å². The molecule has 4 aromatic rings. The van der Waals surface area contributed by atoms with Gasteiger partial charge in [0.1, 0.15) is 0 Å². The van der Waals surface area contributed by atoms with Crippen molar-refractivity contribution >= 4 is 33.4 Å². The molecule has 0 unspecified atom stereocenters. The molecule has 0 aliphatic rings. The third-order valence-electron chi connectivity index (χ3n) is 4.14. The molecule has 5 nitrogen and oxygen atoms in total. The van der Waals surface area contributed by atoms with Crippen molar-refractivity contribution in [3.05, 3.63) is 76.2 Å². The van der Waals surface area contributed by atoms with Gasteiger partial charge in [-0.2, -0.15) is 0 Å². The molecule has 0 radical (unpaired) electrons. The molecule has 2 aromatic heterocycles. The number of aromatic nitrogens is 2. The number of hydrogen-bond donors (Lipinski definition) is 3. The zero-order chi connectivity index (χ0) is 16.7. The maximum atomic E-state index is 12.6. The lowest BCUT2D eigenvalue weighted by atomic mass is 10.1.